The summed E-state index contributed by atoms with van der Waals surface area (Å²) in [5.74, 6) is 1.93. The maximum atomic E-state index is 5.03. The Hall–Kier alpha value is -8.99. The van der Waals surface area contributed by atoms with E-state index in [1.54, 1.807) is 0 Å². The number of fused-ring (bicyclic) bond motifs is 9. The summed E-state index contributed by atoms with van der Waals surface area (Å²) in [6.45, 7) is 0. The van der Waals surface area contributed by atoms with Crippen LogP contribution in [-0.4, -0.2) is 19.5 Å². The molecule has 0 fully saturated rings. The lowest BCUT2D eigenvalue weighted by molar-refractivity contribution is 1.07. The number of nitrogens with zero attached hydrogens (tertiary/aromatic N) is 4. The van der Waals surface area contributed by atoms with Crippen molar-refractivity contribution in [3.8, 4) is 73.2 Å². The summed E-state index contributed by atoms with van der Waals surface area (Å²) >= 11 is 0. The molecule has 4 heteroatoms. The van der Waals surface area contributed by atoms with Gasteiger partial charge in [-0.25, -0.2) is 15.0 Å². The molecule has 0 aliphatic carbocycles. The van der Waals surface area contributed by atoms with Gasteiger partial charge in [0, 0.05) is 33.2 Å². The number of para-hydroxylation sites is 1. The normalized spacial score (nSPS) is 11.6. The maximum absolute atomic E-state index is 5.03. The Bertz CT molecular complexity index is 3970. The molecule has 4 nitrogen and oxygen atoms in total. The van der Waals surface area contributed by atoms with Gasteiger partial charge in [-0.1, -0.05) is 200 Å². The van der Waals surface area contributed by atoms with E-state index in [2.05, 4.69) is 187 Å². The molecule has 67 heavy (non-hydrogen) atoms. The Balaban J connectivity index is 0.948. The molecule has 0 amide bonds. The summed E-state index contributed by atoms with van der Waals surface area (Å²) in [7, 11) is 0. The van der Waals surface area contributed by atoms with E-state index in [1.165, 1.54) is 70.8 Å². The van der Waals surface area contributed by atoms with Gasteiger partial charge in [0.2, 0.25) is 0 Å². The molecule has 0 atom stereocenters. The zero-order valence-corrected chi connectivity index (χ0v) is 36.4. The van der Waals surface area contributed by atoms with E-state index in [0.717, 1.165) is 39.1 Å². The van der Waals surface area contributed by atoms with Gasteiger partial charge in [-0.15, -0.1) is 0 Å². The summed E-state index contributed by atoms with van der Waals surface area (Å²) in [5, 5.41) is 9.91. The second kappa shape index (κ2) is 15.9. The molecule has 0 unspecified atom stereocenters. The van der Waals surface area contributed by atoms with Crippen LogP contribution >= 0.6 is 0 Å². The first-order valence-corrected chi connectivity index (χ1v) is 22.8. The van der Waals surface area contributed by atoms with E-state index in [0.29, 0.717) is 17.5 Å². The summed E-state index contributed by atoms with van der Waals surface area (Å²) in [6, 6.07) is 86.7. The van der Waals surface area contributed by atoms with Crippen molar-refractivity contribution < 1.29 is 0 Å². The van der Waals surface area contributed by atoms with Crippen molar-refractivity contribution in [3.05, 3.63) is 243 Å². The predicted octanol–water partition coefficient (Wildman–Crippen LogP) is 16.4. The fraction of sp³-hybridized carbons (Fsp3) is 0. The van der Waals surface area contributed by atoms with Crippen molar-refractivity contribution in [1.29, 1.82) is 0 Å². The van der Waals surface area contributed by atoms with Gasteiger partial charge in [-0.2, -0.15) is 0 Å². The van der Waals surface area contributed by atoms with Crippen molar-refractivity contribution in [2.24, 2.45) is 0 Å². The van der Waals surface area contributed by atoms with E-state index >= 15 is 0 Å². The van der Waals surface area contributed by atoms with Crippen molar-refractivity contribution in [1.82, 2.24) is 19.5 Å². The predicted molar refractivity (Wildman–Crippen MR) is 279 cm³/mol. The molecule has 0 aliphatic heterocycles. The average Bonchev–Trinajstić information content (AvgIpc) is 3.75. The van der Waals surface area contributed by atoms with E-state index < -0.39 is 0 Å². The highest BCUT2D eigenvalue weighted by atomic mass is 15.0. The Morgan fingerprint density at radius 2 is 0.701 bits per heavy atom. The molecule has 13 rings (SSSR count). The molecule has 2 aromatic heterocycles. The molecule has 0 bridgehead atoms. The second-order valence-electron chi connectivity index (χ2n) is 17.2. The zero-order valence-electron chi connectivity index (χ0n) is 36.4. The third-order valence-corrected chi connectivity index (χ3v) is 13.2. The first-order chi connectivity index (χ1) is 33.2. The van der Waals surface area contributed by atoms with E-state index in [1.807, 2.05) is 60.7 Å². The molecule has 0 saturated heterocycles. The summed E-state index contributed by atoms with van der Waals surface area (Å²) in [6.07, 6.45) is 0. The Kier molecular flexibility index (Phi) is 9.14. The van der Waals surface area contributed by atoms with Crippen LogP contribution in [0.15, 0.2) is 243 Å². The minimum absolute atomic E-state index is 0.635. The highest BCUT2D eigenvalue weighted by Crippen LogP contribution is 2.43. The Morgan fingerprint density at radius 1 is 0.239 bits per heavy atom. The van der Waals surface area contributed by atoms with E-state index in [-0.39, 0.29) is 0 Å². The molecule has 13 aromatic rings. The first kappa shape index (κ1) is 38.5. The van der Waals surface area contributed by atoms with Crippen LogP contribution in [0.25, 0.3) is 127 Å². The fourth-order valence-electron chi connectivity index (χ4n) is 10.1. The van der Waals surface area contributed by atoms with Crippen molar-refractivity contribution >= 4 is 54.1 Å². The summed E-state index contributed by atoms with van der Waals surface area (Å²) in [5.41, 5.74) is 13.3. The minimum atomic E-state index is 0.635. The molecule has 0 radical (unpaired) electrons. The molecule has 0 aliphatic rings. The van der Waals surface area contributed by atoms with Crippen LogP contribution in [0.3, 0.4) is 0 Å². The van der Waals surface area contributed by atoms with Gasteiger partial charge in [0.1, 0.15) is 0 Å². The van der Waals surface area contributed by atoms with Crippen LogP contribution in [0.1, 0.15) is 0 Å². The monoisotopic (exact) mass is 852 g/mol. The van der Waals surface area contributed by atoms with Gasteiger partial charge in [0.05, 0.1) is 11.0 Å². The van der Waals surface area contributed by atoms with Crippen LogP contribution < -0.4 is 0 Å². The largest absolute Gasteiger partial charge is 0.309 e. The van der Waals surface area contributed by atoms with Crippen molar-refractivity contribution in [3.63, 3.8) is 0 Å². The van der Waals surface area contributed by atoms with Gasteiger partial charge in [0.15, 0.2) is 17.5 Å². The quantitative estimate of drug-likeness (QED) is 0.150. The first-order valence-electron chi connectivity index (χ1n) is 22.8. The van der Waals surface area contributed by atoms with Gasteiger partial charge >= 0.3 is 0 Å². The number of benzene rings is 11. The summed E-state index contributed by atoms with van der Waals surface area (Å²) in [4.78, 5) is 15.0. The third kappa shape index (κ3) is 6.65. The fourth-order valence-corrected chi connectivity index (χ4v) is 10.1. The molecule has 0 N–H and O–H groups in total. The summed E-state index contributed by atoms with van der Waals surface area (Å²) < 4.78 is 2.43. The van der Waals surface area contributed by atoms with Crippen LogP contribution in [0.4, 0.5) is 0 Å². The number of hydrogen-bond acceptors (Lipinski definition) is 3. The van der Waals surface area contributed by atoms with Gasteiger partial charge < -0.3 is 4.57 Å². The van der Waals surface area contributed by atoms with Gasteiger partial charge in [0.25, 0.3) is 0 Å². The minimum Gasteiger partial charge on any atom is -0.309 e. The topological polar surface area (TPSA) is 43.6 Å². The number of aromatic nitrogens is 4. The average molecular weight is 853 g/mol. The van der Waals surface area contributed by atoms with Crippen molar-refractivity contribution in [2.75, 3.05) is 0 Å². The molecule has 2 heterocycles. The molecule has 312 valence electrons. The SMILES string of the molecule is c1ccc(-c2ccc3c(c2)c2ccccc2n3-c2ccc3c(c2)c2ccccc2c2cccc(-c4cccc(-c5cccc(-c6nc(-c7ccccc7)nc(-c7ccccc7)n6)c5)c4)c23)cc1. The second-order valence-corrected chi connectivity index (χ2v) is 17.2. The van der Waals surface area contributed by atoms with Crippen molar-refractivity contribution in [2.45, 2.75) is 0 Å². The van der Waals surface area contributed by atoms with Crippen LogP contribution in [0.2, 0.25) is 0 Å². The Labute approximate surface area is 387 Å². The number of hydrogen-bond donors (Lipinski definition) is 0. The third-order valence-electron chi connectivity index (χ3n) is 13.2. The molecule has 0 spiro atoms. The van der Waals surface area contributed by atoms with E-state index in [4.69, 9.17) is 15.0 Å². The number of rotatable bonds is 7. The van der Waals surface area contributed by atoms with Crippen LogP contribution in [0.5, 0.6) is 0 Å². The smallest absolute Gasteiger partial charge is 0.164 e. The van der Waals surface area contributed by atoms with Crippen LogP contribution in [0, 0.1) is 0 Å². The standard InChI is InChI=1S/C63H40N4/c1-4-17-41(18-5-1)46-33-36-59-57(39-46)53-29-12-13-32-58(53)67(59)49-34-35-55-56(40-49)52-28-11-10-27-51(52)54-31-16-30-50(60(54)55)47-25-14-23-44(37-47)45-24-15-26-48(38-45)63-65-61(42-19-6-2-7-20-42)64-62(66-63)43-21-8-3-9-22-43/h1-40H. The lowest BCUT2D eigenvalue weighted by Crippen LogP contribution is -2.00. The lowest BCUT2D eigenvalue weighted by atomic mass is 9.88. The Morgan fingerprint density at radius 3 is 1.39 bits per heavy atom. The van der Waals surface area contributed by atoms with E-state index in [9.17, 15) is 0 Å². The van der Waals surface area contributed by atoms with Crippen LogP contribution in [-0.2, 0) is 0 Å². The zero-order chi connectivity index (χ0) is 44.3. The highest BCUT2D eigenvalue weighted by molar-refractivity contribution is 6.29. The molecule has 11 aromatic carbocycles. The van der Waals surface area contributed by atoms with Gasteiger partial charge in [-0.05, 0) is 108 Å². The molecule has 0 saturated carbocycles. The molecular weight excluding hydrogens is 813 g/mol. The van der Waals surface area contributed by atoms with Gasteiger partial charge in [-0.3, -0.25) is 0 Å². The highest BCUT2D eigenvalue weighted by Gasteiger charge is 2.18. The molecular formula is C63H40N4. The lowest BCUT2D eigenvalue weighted by Gasteiger charge is -2.17. The maximum Gasteiger partial charge on any atom is 0.164 e.